The normalized spacial score (nSPS) is 17.6. The number of rotatable bonds is 3. The Morgan fingerprint density at radius 1 is 1.17 bits per heavy atom. The Morgan fingerprint density at radius 2 is 2.04 bits per heavy atom. The van der Waals surface area contributed by atoms with Gasteiger partial charge in [0, 0.05) is 55.2 Å². The molecule has 3 heterocycles. The molecule has 1 N–H and O–H groups in total. The summed E-state index contributed by atoms with van der Waals surface area (Å²) in [5.74, 6) is 0.311. The van der Waals surface area contributed by atoms with Crippen LogP contribution in [0, 0.1) is 0 Å². The quantitative estimate of drug-likeness (QED) is 0.938. The second-order valence-electron chi connectivity index (χ2n) is 6.10. The van der Waals surface area contributed by atoms with Gasteiger partial charge in [-0.15, -0.1) is 0 Å². The number of carbonyl (C=O) groups is 2. The number of likely N-dealkylation sites (tertiary alicyclic amines) is 1. The third kappa shape index (κ3) is 2.60. The SMILES string of the molecule is O=C(c1cccc(N2CCNC2=O)c1)N1CC(c2ccccn2)C1. The number of anilines is 1. The predicted octanol–water partition coefficient (Wildman–Crippen LogP) is 1.85. The maximum atomic E-state index is 12.6. The summed E-state index contributed by atoms with van der Waals surface area (Å²) in [4.78, 5) is 32.2. The third-order valence-corrected chi connectivity index (χ3v) is 4.54. The lowest BCUT2D eigenvalue weighted by Crippen LogP contribution is -2.48. The van der Waals surface area contributed by atoms with Gasteiger partial charge in [0.2, 0.25) is 0 Å². The topological polar surface area (TPSA) is 65.5 Å². The molecule has 0 unspecified atom stereocenters. The molecular formula is C18H18N4O2. The molecule has 1 aromatic carbocycles. The molecule has 0 aliphatic carbocycles. The smallest absolute Gasteiger partial charge is 0.321 e. The highest BCUT2D eigenvalue weighted by Gasteiger charge is 2.33. The lowest BCUT2D eigenvalue weighted by molar-refractivity contribution is 0.0598. The fourth-order valence-corrected chi connectivity index (χ4v) is 3.16. The number of carbonyl (C=O) groups excluding carboxylic acids is 2. The van der Waals surface area contributed by atoms with Crippen molar-refractivity contribution >= 4 is 17.6 Å². The molecule has 0 spiro atoms. The van der Waals surface area contributed by atoms with Crippen molar-refractivity contribution in [1.82, 2.24) is 15.2 Å². The average Bonchev–Trinajstić information content (AvgIpc) is 3.00. The van der Waals surface area contributed by atoms with Gasteiger partial charge in [-0.3, -0.25) is 14.7 Å². The Kier molecular flexibility index (Phi) is 3.65. The van der Waals surface area contributed by atoms with Crippen molar-refractivity contribution < 1.29 is 9.59 Å². The lowest BCUT2D eigenvalue weighted by atomic mass is 9.94. The minimum absolute atomic E-state index is 0.00337. The number of urea groups is 1. The third-order valence-electron chi connectivity index (χ3n) is 4.54. The first kappa shape index (κ1) is 14.7. The van der Waals surface area contributed by atoms with Gasteiger partial charge in [0.1, 0.15) is 0 Å². The van der Waals surface area contributed by atoms with Crippen molar-refractivity contribution in [2.75, 3.05) is 31.1 Å². The van der Waals surface area contributed by atoms with E-state index in [9.17, 15) is 9.59 Å². The highest BCUT2D eigenvalue weighted by Crippen LogP contribution is 2.27. The summed E-state index contributed by atoms with van der Waals surface area (Å²) >= 11 is 0. The summed E-state index contributed by atoms with van der Waals surface area (Å²) in [6.07, 6.45) is 1.78. The van der Waals surface area contributed by atoms with Crippen LogP contribution in [0.15, 0.2) is 48.7 Å². The van der Waals surface area contributed by atoms with Gasteiger partial charge in [-0.05, 0) is 30.3 Å². The van der Waals surface area contributed by atoms with E-state index < -0.39 is 0 Å². The minimum Gasteiger partial charge on any atom is -0.337 e. The number of aromatic nitrogens is 1. The van der Waals surface area contributed by atoms with Crippen LogP contribution in [0.2, 0.25) is 0 Å². The Morgan fingerprint density at radius 3 is 2.75 bits per heavy atom. The fourth-order valence-electron chi connectivity index (χ4n) is 3.16. The average molecular weight is 322 g/mol. The van der Waals surface area contributed by atoms with E-state index in [0.717, 1.165) is 11.4 Å². The van der Waals surface area contributed by atoms with Crippen LogP contribution < -0.4 is 10.2 Å². The Hall–Kier alpha value is -2.89. The van der Waals surface area contributed by atoms with Crippen LogP contribution >= 0.6 is 0 Å². The first-order valence-electron chi connectivity index (χ1n) is 8.08. The van der Waals surface area contributed by atoms with Crippen molar-refractivity contribution in [3.05, 3.63) is 59.9 Å². The summed E-state index contributed by atoms with van der Waals surface area (Å²) in [6.45, 7) is 2.63. The first-order chi connectivity index (χ1) is 11.7. The molecule has 4 rings (SSSR count). The lowest BCUT2D eigenvalue weighted by Gasteiger charge is -2.39. The Bertz CT molecular complexity index is 772. The number of nitrogens with zero attached hydrogens (tertiary/aromatic N) is 3. The van der Waals surface area contributed by atoms with Gasteiger partial charge >= 0.3 is 6.03 Å². The monoisotopic (exact) mass is 322 g/mol. The fraction of sp³-hybridized carbons (Fsp3) is 0.278. The molecule has 2 aromatic rings. The number of benzene rings is 1. The van der Waals surface area contributed by atoms with Crippen LogP contribution in [-0.2, 0) is 0 Å². The maximum Gasteiger partial charge on any atom is 0.321 e. The molecule has 6 nitrogen and oxygen atoms in total. The van der Waals surface area contributed by atoms with E-state index in [4.69, 9.17) is 0 Å². The van der Waals surface area contributed by atoms with Crippen molar-refractivity contribution in [2.24, 2.45) is 0 Å². The van der Waals surface area contributed by atoms with Crippen molar-refractivity contribution in [3.8, 4) is 0 Å². The zero-order valence-electron chi connectivity index (χ0n) is 13.2. The number of hydrogen-bond donors (Lipinski definition) is 1. The Balaban J connectivity index is 1.45. The molecular weight excluding hydrogens is 304 g/mol. The van der Waals surface area contributed by atoms with Crippen molar-refractivity contribution in [3.63, 3.8) is 0 Å². The molecule has 2 saturated heterocycles. The van der Waals surface area contributed by atoms with Gasteiger partial charge in [0.05, 0.1) is 0 Å². The van der Waals surface area contributed by atoms with Crippen molar-refractivity contribution in [2.45, 2.75) is 5.92 Å². The van der Waals surface area contributed by atoms with Gasteiger partial charge in [-0.25, -0.2) is 4.79 Å². The van der Waals surface area contributed by atoms with Crippen LogP contribution in [0.3, 0.4) is 0 Å². The molecule has 122 valence electrons. The largest absolute Gasteiger partial charge is 0.337 e. The van der Waals surface area contributed by atoms with Gasteiger partial charge < -0.3 is 10.2 Å². The molecule has 0 radical (unpaired) electrons. The molecule has 3 amide bonds. The molecule has 0 bridgehead atoms. The molecule has 24 heavy (non-hydrogen) atoms. The maximum absolute atomic E-state index is 12.6. The minimum atomic E-state index is -0.112. The predicted molar refractivity (Wildman–Crippen MR) is 90.1 cm³/mol. The highest BCUT2D eigenvalue weighted by atomic mass is 16.2. The molecule has 2 aliphatic rings. The highest BCUT2D eigenvalue weighted by molar-refractivity contribution is 5.98. The zero-order valence-corrected chi connectivity index (χ0v) is 13.2. The van der Waals surface area contributed by atoms with E-state index in [2.05, 4.69) is 10.3 Å². The van der Waals surface area contributed by atoms with Crippen LogP contribution in [0.25, 0.3) is 0 Å². The summed E-state index contributed by atoms with van der Waals surface area (Å²) in [5.41, 5.74) is 2.41. The molecule has 0 saturated carbocycles. The van der Waals surface area contributed by atoms with Gasteiger partial charge in [-0.1, -0.05) is 12.1 Å². The number of pyridine rings is 1. The van der Waals surface area contributed by atoms with Crippen LogP contribution in [-0.4, -0.2) is 48.0 Å². The molecule has 6 heteroatoms. The van der Waals surface area contributed by atoms with E-state index in [1.165, 1.54) is 0 Å². The van der Waals surface area contributed by atoms with E-state index in [1.54, 1.807) is 23.2 Å². The second kappa shape index (κ2) is 5.96. The summed E-state index contributed by atoms with van der Waals surface area (Å²) in [6, 6.07) is 13.0. The molecule has 2 aliphatic heterocycles. The van der Waals surface area contributed by atoms with Gasteiger partial charge in [-0.2, -0.15) is 0 Å². The Labute approximate surface area is 140 Å². The van der Waals surface area contributed by atoms with Crippen LogP contribution in [0.4, 0.5) is 10.5 Å². The molecule has 2 fully saturated rings. The van der Waals surface area contributed by atoms with Crippen LogP contribution in [0.1, 0.15) is 22.0 Å². The number of hydrogen-bond acceptors (Lipinski definition) is 3. The molecule has 0 atom stereocenters. The van der Waals surface area contributed by atoms with E-state index in [0.29, 0.717) is 37.7 Å². The van der Waals surface area contributed by atoms with Crippen molar-refractivity contribution in [1.29, 1.82) is 0 Å². The summed E-state index contributed by atoms with van der Waals surface area (Å²) in [7, 11) is 0. The first-order valence-corrected chi connectivity index (χ1v) is 8.08. The second-order valence-corrected chi connectivity index (χ2v) is 6.10. The van der Waals surface area contributed by atoms with E-state index in [1.807, 2.05) is 35.2 Å². The number of nitrogens with one attached hydrogen (secondary N) is 1. The van der Waals surface area contributed by atoms with Gasteiger partial charge in [0.15, 0.2) is 0 Å². The van der Waals surface area contributed by atoms with E-state index in [-0.39, 0.29) is 11.9 Å². The van der Waals surface area contributed by atoms with Crippen LogP contribution in [0.5, 0.6) is 0 Å². The van der Waals surface area contributed by atoms with Gasteiger partial charge in [0.25, 0.3) is 5.91 Å². The standard InChI is InChI=1S/C18H18N4O2/c23-17(21-11-14(12-21)16-6-1-2-7-19-16)13-4-3-5-15(10-13)22-9-8-20-18(22)24/h1-7,10,14H,8-9,11-12H2,(H,20,24). The summed E-state index contributed by atoms with van der Waals surface area (Å²) in [5, 5.41) is 2.77. The summed E-state index contributed by atoms with van der Waals surface area (Å²) < 4.78 is 0. The molecule has 1 aromatic heterocycles. The number of amides is 3. The van der Waals surface area contributed by atoms with E-state index >= 15 is 0 Å². The zero-order chi connectivity index (χ0) is 16.5.